The Morgan fingerprint density at radius 3 is 1.90 bits per heavy atom. The minimum atomic E-state index is 0.518. The summed E-state index contributed by atoms with van der Waals surface area (Å²) in [5.74, 6) is 1.65. The number of furan rings is 2. The number of hydrogen-bond acceptors (Lipinski definition) is 5. The van der Waals surface area contributed by atoms with E-state index in [2.05, 4.69) is 162 Å². The molecule has 0 aliphatic heterocycles. The fraction of sp³-hybridized carbons (Fsp3) is 0. The molecule has 0 aliphatic rings. The summed E-state index contributed by atoms with van der Waals surface area (Å²) in [6.07, 6.45) is 0. The average Bonchev–Trinajstić information content (AvgIpc) is 3.98. The fourth-order valence-corrected chi connectivity index (χ4v) is 9.14. The summed E-state index contributed by atoms with van der Waals surface area (Å²) < 4.78 is 15.4. The van der Waals surface area contributed by atoms with Crippen LogP contribution >= 0.6 is 0 Å². The summed E-state index contributed by atoms with van der Waals surface area (Å²) in [7, 11) is 0. The van der Waals surface area contributed by atoms with Crippen molar-refractivity contribution in [1.29, 1.82) is 0 Å². The van der Waals surface area contributed by atoms with Gasteiger partial charge < -0.3 is 8.83 Å². The minimum Gasteiger partial charge on any atom is -0.456 e. The molecule has 0 atom stereocenters. The van der Waals surface area contributed by atoms with Crippen LogP contribution in [0.15, 0.2) is 191 Å². The lowest BCUT2D eigenvalue weighted by Gasteiger charge is -2.13. The molecule has 6 heteroatoms. The third-order valence-electron chi connectivity index (χ3n) is 11.8. The molecule has 0 saturated heterocycles. The van der Waals surface area contributed by atoms with Crippen molar-refractivity contribution in [3.63, 3.8) is 0 Å². The average molecular weight is 755 g/mol. The first-order valence-electron chi connectivity index (χ1n) is 19.8. The zero-order valence-corrected chi connectivity index (χ0v) is 31.4. The molecule has 0 saturated carbocycles. The Labute approximate surface area is 336 Å². The lowest BCUT2D eigenvalue weighted by molar-refractivity contribution is 0.669. The van der Waals surface area contributed by atoms with Crippen LogP contribution in [-0.4, -0.2) is 19.5 Å². The topological polar surface area (TPSA) is 69.9 Å². The quantitative estimate of drug-likeness (QED) is 0.179. The van der Waals surface area contributed by atoms with E-state index in [0.717, 1.165) is 98.7 Å². The number of benzene rings is 9. The fourth-order valence-electron chi connectivity index (χ4n) is 9.14. The smallest absolute Gasteiger partial charge is 0.238 e. The van der Waals surface area contributed by atoms with Crippen LogP contribution in [-0.2, 0) is 0 Å². The highest BCUT2D eigenvalue weighted by molar-refractivity contribution is 6.22. The molecule has 6 nitrogen and oxygen atoms in total. The van der Waals surface area contributed by atoms with Crippen LogP contribution < -0.4 is 0 Å². The van der Waals surface area contributed by atoms with Crippen molar-refractivity contribution in [2.75, 3.05) is 0 Å². The van der Waals surface area contributed by atoms with Crippen molar-refractivity contribution in [2.45, 2.75) is 0 Å². The van der Waals surface area contributed by atoms with Crippen LogP contribution in [0.1, 0.15) is 0 Å². The Morgan fingerprint density at radius 2 is 1.02 bits per heavy atom. The summed E-state index contributed by atoms with van der Waals surface area (Å²) in [6.45, 7) is 0. The molecule has 0 fully saturated rings. The Morgan fingerprint density at radius 1 is 0.373 bits per heavy atom. The predicted octanol–water partition coefficient (Wildman–Crippen LogP) is 14.1. The van der Waals surface area contributed by atoms with Gasteiger partial charge in [-0.1, -0.05) is 146 Å². The highest BCUT2D eigenvalue weighted by Crippen LogP contribution is 2.44. The molecule has 4 aromatic heterocycles. The molecule has 0 spiro atoms. The van der Waals surface area contributed by atoms with Gasteiger partial charge in [0.1, 0.15) is 22.3 Å². The molecular weight excluding hydrogens is 725 g/mol. The van der Waals surface area contributed by atoms with Gasteiger partial charge in [-0.3, -0.25) is 4.57 Å². The molecular formula is C53H30N4O2. The van der Waals surface area contributed by atoms with Crippen LogP contribution in [0.2, 0.25) is 0 Å². The van der Waals surface area contributed by atoms with Crippen LogP contribution in [0.3, 0.4) is 0 Å². The zero-order chi connectivity index (χ0) is 38.6. The molecule has 4 heterocycles. The van der Waals surface area contributed by atoms with E-state index in [4.69, 9.17) is 23.8 Å². The molecule has 0 amide bonds. The zero-order valence-electron chi connectivity index (χ0n) is 31.4. The molecule has 0 aliphatic carbocycles. The van der Waals surface area contributed by atoms with Gasteiger partial charge in [-0.2, -0.15) is 9.97 Å². The largest absolute Gasteiger partial charge is 0.456 e. The Kier molecular flexibility index (Phi) is 6.63. The molecule has 0 unspecified atom stereocenters. The molecule has 13 aromatic rings. The van der Waals surface area contributed by atoms with E-state index in [-0.39, 0.29) is 0 Å². The first-order chi connectivity index (χ1) is 29.2. The van der Waals surface area contributed by atoms with E-state index in [1.165, 1.54) is 10.8 Å². The van der Waals surface area contributed by atoms with Gasteiger partial charge in [-0.05, 0) is 57.9 Å². The Balaban J connectivity index is 1.10. The van der Waals surface area contributed by atoms with Crippen molar-refractivity contribution in [3.05, 3.63) is 182 Å². The second kappa shape index (κ2) is 12.2. The van der Waals surface area contributed by atoms with Crippen LogP contribution in [0.25, 0.3) is 127 Å². The summed E-state index contributed by atoms with van der Waals surface area (Å²) in [6, 6.07) is 63.3. The highest BCUT2D eigenvalue weighted by atomic mass is 16.3. The number of para-hydroxylation sites is 4. The van der Waals surface area contributed by atoms with E-state index < -0.39 is 0 Å². The maximum atomic E-state index is 6.80. The van der Waals surface area contributed by atoms with Crippen LogP contribution in [0.5, 0.6) is 0 Å². The van der Waals surface area contributed by atoms with Gasteiger partial charge in [0, 0.05) is 54.6 Å². The normalized spacial score (nSPS) is 12.1. The van der Waals surface area contributed by atoms with E-state index in [0.29, 0.717) is 17.6 Å². The van der Waals surface area contributed by atoms with Crippen molar-refractivity contribution < 1.29 is 8.83 Å². The lowest BCUT2D eigenvalue weighted by atomic mass is 9.98. The molecule has 0 N–H and O–H groups in total. The number of nitrogens with zero attached hydrogens (tertiary/aromatic N) is 4. The predicted molar refractivity (Wildman–Crippen MR) is 240 cm³/mol. The molecule has 0 radical (unpaired) electrons. The van der Waals surface area contributed by atoms with Crippen molar-refractivity contribution in [3.8, 4) is 39.9 Å². The van der Waals surface area contributed by atoms with E-state index >= 15 is 0 Å². The first-order valence-corrected chi connectivity index (χ1v) is 19.8. The summed E-state index contributed by atoms with van der Waals surface area (Å²) in [5, 5.41) is 11.1. The number of aromatic nitrogens is 4. The Bertz CT molecular complexity index is 3870. The molecule has 13 rings (SSSR count). The third kappa shape index (κ3) is 4.77. The molecule has 274 valence electrons. The van der Waals surface area contributed by atoms with Crippen LogP contribution in [0, 0.1) is 0 Å². The molecule has 0 bridgehead atoms. The standard InChI is InChI=1S/C53H30N4O2/c1-2-13-33-29-34(24-23-31(33)11-1)51-54-52(35-25-27-39-38-16-6-8-22-45(38)58-47(39)30-35)56-53(55-51)57-44-21-7-5-15-37(44)40-17-9-18-41(49(40)57)42-19-10-20-43-48-36-14-4-3-12-32(36)26-28-46(48)59-50(42)43/h1-30H. The van der Waals surface area contributed by atoms with E-state index in [9.17, 15) is 0 Å². The first kappa shape index (κ1) is 32.0. The second-order valence-corrected chi connectivity index (χ2v) is 15.2. The molecule has 59 heavy (non-hydrogen) atoms. The van der Waals surface area contributed by atoms with E-state index in [1.807, 2.05) is 24.3 Å². The minimum absolute atomic E-state index is 0.518. The van der Waals surface area contributed by atoms with Gasteiger partial charge in [0.25, 0.3) is 0 Å². The van der Waals surface area contributed by atoms with Gasteiger partial charge >= 0.3 is 0 Å². The summed E-state index contributed by atoms with van der Waals surface area (Å²) >= 11 is 0. The Hall–Kier alpha value is -8.09. The summed E-state index contributed by atoms with van der Waals surface area (Å²) in [4.78, 5) is 15.9. The second-order valence-electron chi connectivity index (χ2n) is 15.2. The summed E-state index contributed by atoms with van der Waals surface area (Å²) in [5.41, 5.74) is 9.07. The number of hydrogen-bond donors (Lipinski definition) is 0. The maximum Gasteiger partial charge on any atom is 0.238 e. The number of rotatable bonds is 4. The number of fused-ring (bicyclic) bond motifs is 12. The monoisotopic (exact) mass is 754 g/mol. The van der Waals surface area contributed by atoms with Gasteiger partial charge in [0.05, 0.1) is 11.0 Å². The SMILES string of the molecule is c1ccc2cc(-c3nc(-c4ccc5c(c4)oc4ccccc45)nc(-n4c5ccccc5c5cccc(-c6cccc7c6oc6ccc8ccccc8c67)c54)n3)ccc2c1. The van der Waals surface area contributed by atoms with Gasteiger partial charge in [0.2, 0.25) is 5.95 Å². The van der Waals surface area contributed by atoms with Crippen molar-refractivity contribution >= 4 is 87.2 Å². The van der Waals surface area contributed by atoms with Crippen molar-refractivity contribution in [1.82, 2.24) is 19.5 Å². The third-order valence-corrected chi connectivity index (χ3v) is 11.8. The maximum absolute atomic E-state index is 6.80. The van der Waals surface area contributed by atoms with Crippen LogP contribution in [0.4, 0.5) is 0 Å². The van der Waals surface area contributed by atoms with Crippen molar-refractivity contribution in [2.24, 2.45) is 0 Å². The van der Waals surface area contributed by atoms with Gasteiger partial charge in [-0.15, -0.1) is 0 Å². The van der Waals surface area contributed by atoms with Gasteiger partial charge in [0.15, 0.2) is 11.6 Å². The lowest BCUT2D eigenvalue weighted by Crippen LogP contribution is -2.07. The molecule has 9 aromatic carbocycles. The van der Waals surface area contributed by atoms with Gasteiger partial charge in [-0.25, -0.2) is 4.98 Å². The highest BCUT2D eigenvalue weighted by Gasteiger charge is 2.23. The van der Waals surface area contributed by atoms with E-state index in [1.54, 1.807) is 0 Å².